The van der Waals surface area contributed by atoms with E-state index in [1.807, 2.05) is 24.0 Å². The summed E-state index contributed by atoms with van der Waals surface area (Å²) in [5, 5.41) is 7.77. The molecule has 94 valence electrons. The maximum atomic E-state index is 12.5. The molecule has 1 fully saturated rings. The van der Waals surface area contributed by atoms with E-state index in [-0.39, 0.29) is 11.9 Å². The molecule has 1 aliphatic rings. The number of amides is 1. The summed E-state index contributed by atoms with van der Waals surface area (Å²) in [6, 6.07) is 5.54. The molecule has 0 bridgehead atoms. The molecule has 0 saturated carbocycles. The Bertz CT molecular complexity index is 580. The Kier molecular flexibility index (Phi) is 2.71. The predicted molar refractivity (Wildman–Crippen MR) is 64.3 cm³/mol. The van der Waals surface area contributed by atoms with Crippen molar-refractivity contribution in [1.29, 1.82) is 0 Å². The molecular formula is C12H14N4O2. The lowest BCUT2D eigenvalue weighted by molar-refractivity contribution is 0.00319. The van der Waals surface area contributed by atoms with Crippen molar-refractivity contribution >= 4 is 11.6 Å². The molecule has 0 aliphatic carbocycles. The van der Waals surface area contributed by atoms with Crippen molar-refractivity contribution in [3.05, 3.63) is 30.2 Å². The first-order chi connectivity index (χ1) is 8.77. The smallest absolute Gasteiger partial charge is 0.271 e. The first kappa shape index (κ1) is 11.2. The molecule has 6 heteroatoms. The number of nitrogens with zero attached hydrogens (tertiary/aromatic N) is 4. The van der Waals surface area contributed by atoms with Gasteiger partial charge in [-0.1, -0.05) is 6.07 Å². The van der Waals surface area contributed by atoms with Crippen molar-refractivity contribution in [2.24, 2.45) is 0 Å². The van der Waals surface area contributed by atoms with Gasteiger partial charge < -0.3 is 9.64 Å². The summed E-state index contributed by atoms with van der Waals surface area (Å²) in [7, 11) is 0. The number of rotatable bonds is 1. The molecule has 6 nitrogen and oxygen atoms in total. The quantitative estimate of drug-likeness (QED) is 0.739. The van der Waals surface area contributed by atoms with Gasteiger partial charge >= 0.3 is 0 Å². The zero-order valence-corrected chi connectivity index (χ0v) is 10.1. The number of hydrogen-bond acceptors (Lipinski definition) is 4. The lowest BCUT2D eigenvalue weighted by Crippen LogP contribution is -2.47. The highest BCUT2D eigenvalue weighted by Crippen LogP contribution is 2.13. The van der Waals surface area contributed by atoms with Crippen LogP contribution >= 0.6 is 0 Å². The number of aromatic nitrogens is 3. The van der Waals surface area contributed by atoms with Gasteiger partial charge in [-0.05, 0) is 19.1 Å². The Morgan fingerprint density at radius 3 is 3.22 bits per heavy atom. The third kappa shape index (κ3) is 1.74. The standard InChI is InChI=1S/C12H14N4O2/c1-9-7-18-6-5-15(9)12(17)10-3-2-4-11-14-13-8-16(10)11/h2-4,8-9H,5-7H2,1H3/t9-/m0/s1. The third-order valence-corrected chi connectivity index (χ3v) is 3.18. The van der Waals surface area contributed by atoms with Crippen molar-refractivity contribution in [3.8, 4) is 0 Å². The Labute approximate surface area is 104 Å². The highest BCUT2D eigenvalue weighted by molar-refractivity contribution is 5.93. The van der Waals surface area contributed by atoms with E-state index in [2.05, 4.69) is 10.2 Å². The highest BCUT2D eigenvalue weighted by atomic mass is 16.5. The summed E-state index contributed by atoms with van der Waals surface area (Å²) in [6.07, 6.45) is 1.56. The predicted octanol–water partition coefficient (Wildman–Crippen LogP) is 0.590. The normalized spacial score (nSPS) is 20.3. The summed E-state index contributed by atoms with van der Waals surface area (Å²) in [6.45, 7) is 3.79. The van der Waals surface area contributed by atoms with Gasteiger partial charge in [-0.15, -0.1) is 10.2 Å². The van der Waals surface area contributed by atoms with Crippen LogP contribution in [0.5, 0.6) is 0 Å². The maximum Gasteiger partial charge on any atom is 0.271 e. The maximum absolute atomic E-state index is 12.5. The van der Waals surface area contributed by atoms with Crippen LogP contribution in [-0.4, -0.2) is 51.2 Å². The van der Waals surface area contributed by atoms with E-state index < -0.39 is 0 Å². The Hall–Kier alpha value is -1.95. The summed E-state index contributed by atoms with van der Waals surface area (Å²) in [5.41, 5.74) is 1.27. The van der Waals surface area contributed by atoms with Crippen molar-refractivity contribution in [2.75, 3.05) is 19.8 Å². The molecule has 1 aliphatic heterocycles. The van der Waals surface area contributed by atoms with Crippen LogP contribution < -0.4 is 0 Å². The van der Waals surface area contributed by atoms with Crippen LogP contribution in [0, 0.1) is 0 Å². The van der Waals surface area contributed by atoms with Crippen molar-refractivity contribution in [3.63, 3.8) is 0 Å². The van der Waals surface area contributed by atoms with Gasteiger partial charge in [-0.25, -0.2) is 0 Å². The molecule has 3 heterocycles. The number of pyridine rings is 1. The number of carbonyl (C=O) groups excluding carboxylic acids is 1. The van der Waals surface area contributed by atoms with Gasteiger partial charge in [-0.2, -0.15) is 0 Å². The Balaban J connectivity index is 1.98. The van der Waals surface area contributed by atoms with E-state index in [9.17, 15) is 4.79 Å². The second-order valence-corrected chi connectivity index (χ2v) is 4.39. The van der Waals surface area contributed by atoms with Gasteiger partial charge in [0.15, 0.2) is 5.65 Å². The molecule has 0 spiro atoms. The minimum Gasteiger partial charge on any atom is -0.377 e. The number of hydrogen-bond donors (Lipinski definition) is 0. The van der Waals surface area contributed by atoms with Gasteiger partial charge in [0, 0.05) is 6.54 Å². The van der Waals surface area contributed by atoms with Crippen molar-refractivity contribution in [2.45, 2.75) is 13.0 Å². The van der Waals surface area contributed by atoms with Crippen molar-refractivity contribution in [1.82, 2.24) is 19.5 Å². The average molecular weight is 246 g/mol. The van der Waals surface area contributed by atoms with Crippen LogP contribution in [0.2, 0.25) is 0 Å². The molecule has 2 aromatic heterocycles. The number of morpholine rings is 1. The van der Waals surface area contributed by atoms with E-state index in [0.29, 0.717) is 31.1 Å². The largest absolute Gasteiger partial charge is 0.377 e. The topological polar surface area (TPSA) is 59.7 Å². The molecule has 3 rings (SSSR count). The van der Waals surface area contributed by atoms with Crippen molar-refractivity contribution < 1.29 is 9.53 Å². The van der Waals surface area contributed by atoms with Gasteiger partial charge in [0.25, 0.3) is 5.91 Å². The molecule has 0 radical (unpaired) electrons. The first-order valence-corrected chi connectivity index (χ1v) is 5.95. The van der Waals surface area contributed by atoms with Crippen LogP contribution in [-0.2, 0) is 4.74 Å². The van der Waals surface area contributed by atoms with E-state index in [1.165, 1.54) is 0 Å². The second kappa shape index (κ2) is 4.38. The second-order valence-electron chi connectivity index (χ2n) is 4.39. The minimum atomic E-state index is -0.00352. The number of carbonyl (C=O) groups is 1. The molecule has 0 N–H and O–H groups in total. The monoisotopic (exact) mass is 246 g/mol. The molecular weight excluding hydrogens is 232 g/mol. The minimum absolute atomic E-state index is 0.00352. The molecule has 1 saturated heterocycles. The van der Waals surface area contributed by atoms with Gasteiger partial charge in [0.05, 0.1) is 19.3 Å². The summed E-state index contributed by atoms with van der Waals surface area (Å²) in [4.78, 5) is 14.3. The van der Waals surface area contributed by atoms with E-state index in [1.54, 1.807) is 16.8 Å². The van der Waals surface area contributed by atoms with E-state index >= 15 is 0 Å². The lowest BCUT2D eigenvalue weighted by Gasteiger charge is -2.33. The molecule has 0 unspecified atom stereocenters. The fraction of sp³-hybridized carbons (Fsp3) is 0.417. The summed E-state index contributed by atoms with van der Waals surface area (Å²) < 4.78 is 7.06. The average Bonchev–Trinajstić information content (AvgIpc) is 2.86. The summed E-state index contributed by atoms with van der Waals surface area (Å²) >= 11 is 0. The van der Waals surface area contributed by atoms with Crippen LogP contribution in [0.15, 0.2) is 24.5 Å². The molecule has 0 aromatic carbocycles. The third-order valence-electron chi connectivity index (χ3n) is 3.18. The zero-order chi connectivity index (χ0) is 12.5. The van der Waals surface area contributed by atoms with Gasteiger partial charge in [-0.3, -0.25) is 9.20 Å². The van der Waals surface area contributed by atoms with Crippen LogP contribution in [0.1, 0.15) is 17.4 Å². The van der Waals surface area contributed by atoms with Crippen LogP contribution in [0.3, 0.4) is 0 Å². The number of fused-ring (bicyclic) bond motifs is 1. The Morgan fingerprint density at radius 2 is 2.39 bits per heavy atom. The first-order valence-electron chi connectivity index (χ1n) is 5.95. The van der Waals surface area contributed by atoms with Gasteiger partial charge in [0.1, 0.15) is 12.0 Å². The molecule has 18 heavy (non-hydrogen) atoms. The van der Waals surface area contributed by atoms with E-state index in [0.717, 1.165) is 0 Å². The molecule has 2 aromatic rings. The molecule has 1 amide bonds. The van der Waals surface area contributed by atoms with Gasteiger partial charge in [0.2, 0.25) is 0 Å². The van der Waals surface area contributed by atoms with E-state index in [4.69, 9.17) is 4.74 Å². The SMILES string of the molecule is C[C@H]1COCCN1C(=O)c1cccc2nncn12. The lowest BCUT2D eigenvalue weighted by atomic mass is 10.2. The molecule has 1 atom stereocenters. The Morgan fingerprint density at radius 1 is 1.50 bits per heavy atom. The highest BCUT2D eigenvalue weighted by Gasteiger charge is 2.26. The fourth-order valence-electron chi connectivity index (χ4n) is 2.20. The zero-order valence-electron chi connectivity index (χ0n) is 10.1. The van der Waals surface area contributed by atoms with Crippen LogP contribution in [0.4, 0.5) is 0 Å². The van der Waals surface area contributed by atoms with Crippen LogP contribution in [0.25, 0.3) is 5.65 Å². The summed E-state index contributed by atoms with van der Waals surface area (Å²) in [5.74, 6) is -0.00352. The number of ether oxygens (including phenoxy) is 1. The fourth-order valence-corrected chi connectivity index (χ4v) is 2.20.